The van der Waals surface area contributed by atoms with Gasteiger partial charge in [-0.1, -0.05) is 12.1 Å². The van der Waals surface area contributed by atoms with Crippen LogP contribution in [0.3, 0.4) is 0 Å². The summed E-state index contributed by atoms with van der Waals surface area (Å²) in [7, 11) is -2.39. The predicted octanol–water partition coefficient (Wildman–Crippen LogP) is 1.20. The van der Waals surface area contributed by atoms with Crippen molar-refractivity contribution in [2.45, 2.75) is 4.90 Å². The van der Waals surface area contributed by atoms with Crippen LogP contribution in [0.25, 0.3) is 0 Å². The molecule has 0 bridgehead atoms. The summed E-state index contributed by atoms with van der Waals surface area (Å²) in [5.41, 5.74) is 0. The topological polar surface area (TPSA) is 43.4 Å². The van der Waals surface area contributed by atoms with E-state index in [1.165, 1.54) is 25.3 Å². The molecule has 1 rings (SSSR count). The van der Waals surface area contributed by atoms with Gasteiger partial charge in [0, 0.05) is 7.11 Å². The lowest BCUT2D eigenvalue weighted by Crippen LogP contribution is -2.09. The van der Waals surface area contributed by atoms with Crippen LogP contribution in [0.2, 0.25) is 0 Å². The average Bonchev–Trinajstić information content (AvgIpc) is 2.04. The molecule has 0 radical (unpaired) electrons. The summed E-state index contributed by atoms with van der Waals surface area (Å²) in [6.07, 6.45) is 0. The van der Waals surface area contributed by atoms with Crippen molar-refractivity contribution in [3.63, 3.8) is 0 Å². The molecule has 0 atom stereocenters. The molecule has 0 heterocycles. The van der Waals surface area contributed by atoms with Crippen molar-refractivity contribution in [1.29, 1.82) is 0 Å². The van der Waals surface area contributed by atoms with Gasteiger partial charge in [0.25, 0.3) is 0 Å². The highest BCUT2D eigenvalue weighted by atomic mass is 32.2. The van der Waals surface area contributed by atoms with Gasteiger partial charge in [0.15, 0.2) is 5.94 Å². The van der Waals surface area contributed by atoms with Crippen molar-refractivity contribution < 1.29 is 17.5 Å². The zero-order chi connectivity index (χ0) is 9.90. The maximum atomic E-state index is 13.0. The molecule has 0 aliphatic carbocycles. The molecule has 1 aromatic rings. The highest BCUT2D eigenvalue weighted by Crippen LogP contribution is 2.14. The first-order valence-corrected chi connectivity index (χ1v) is 5.19. The first-order valence-electron chi connectivity index (χ1n) is 3.54. The molecule has 0 N–H and O–H groups in total. The third kappa shape index (κ3) is 2.26. The average molecular weight is 204 g/mol. The molecule has 0 fully saturated rings. The molecule has 0 aliphatic rings. The molecule has 13 heavy (non-hydrogen) atoms. The van der Waals surface area contributed by atoms with Crippen LogP contribution >= 0.6 is 0 Å². The van der Waals surface area contributed by atoms with Crippen molar-refractivity contribution >= 4 is 9.84 Å². The Labute approximate surface area is 76.1 Å². The van der Waals surface area contributed by atoms with Gasteiger partial charge in [-0.15, -0.1) is 0 Å². The van der Waals surface area contributed by atoms with Crippen molar-refractivity contribution in [2.75, 3.05) is 13.0 Å². The Morgan fingerprint density at radius 1 is 1.38 bits per heavy atom. The van der Waals surface area contributed by atoms with Crippen molar-refractivity contribution in [1.82, 2.24) is 0 Å². The first kappa shape index (κ1) is 10.1. The zero-order valence-corrected chi connectivity index (χ0v) is 7.84. The number of benzene rings is 1. The van der Waals surface area contributed by atoms with E-state index in [1.807, 2.05) is 0 Å². The highest BCUT2D eigenvalue weighted by molar-refractivity contribution is 7.91. The molecule has 0 saturated carbocycles. The Bertz CT molecular complexity index is 386. The summed E-state index contributed by atoms with van der Waals surface area (Å²) in [6.45, 7) is 0. The van der Waals surface area contributed by atoms with Gasteiger partial charge in [-0.25, -0.2) is 12.8 Å². The number of methoxy groups -OCH3 is 1. The number of hydrogen-bond acceptors (Lipinski definition) is 3. The molecule has 1 aromatic carbocycles. The number of halogens is 1. The molecule has 0 spiro atoms. The van der Waals surface area contributed by atoms with E-state index >= 15 is 0 Å². The van der Waals surface area contributed by atoms with Crippen LogP contribution in [0.4, 0.5) is 4.39 Å². The molecule has 0 unspecified atom stereocenters. The van der Waals surface area contributed by atoms with Crippen LogP contribution < -0.4 is 0 Å². The van der Waals surface area contributed by atoms with Gasteiger partial charge >= 0.3 is 0 Å². The van der Waals surface area contributed by atoms with Gasteiger partial charge in [-0.2, -0.15) is 0 Å². The standard InChI is InChI=1S/C8H9FO3S/c1-12-6-13(10,11)8-5-3-2-4-7(8)9/h2-5H,6H2,1H3. The van der Waals surface area contributed by atoms with Gasteiger partial charge in [-0.05, 0) is 12.1 Å². The monoisotopic (exact) mass is 204 g/mol. The van der Waals surface area contributed by atoms with Gasteiger partial charge in [0.05, 0.1) is 0 Å². The van der Waals surface area contributed by atoms with E-state index < -0.39 is 21.6 Å². The van der Waals surface area contributed by atoms with Gasteiger partial charge in [0.2, 0.25) is 9.84 Å². The summed E-state index contributed by atoms with van der Waals surface area (Å²) in [5, 5.41) is 0. The Kier molecular flexibility index (Phi) is 3.00. The fourth-order valence-corrected chi connectivity index (χ4v) is 2.00. The minimum absolute atomic E-state index is 0.322. The lowest BCUT2D eigenvalue weighted by atomic mass is 10.4. The second-order valence-corrected chi connectivity index (χ2v) is 4.36. The fraction of sp³-hybridized carbons (Fsp3) is 0.250. The van der Waals surface area contributed by atoms with E-state index in [2.05, 4.69) is 4.74 Å². The van der Waals surface area contributed by atoms with E-state index in [-0.39, 0.29) is 4.90 Å². The van der Waals surface area contributed by atoms with Gasteiger partial charge in [0.1, 0.15) is 10.7 Å². The molecule has 0 aromatic heterocycles. The largest absolute Gasteiger partial charge is 0.368 e. The third-order valence-corrected chi connectivity index (χ3v) is 2.99. The van der Waals surface area contributed by atoms with E-state index in [0.717, 1.165) is 6.07 Å². The maximum absolute atomic E-state index is 13.0. The molecule has 0 saturated heterocycles. The summed E-state index contributed by atoms with van der Waals surface area (Å²) in [4.78, 5) is -0.322. The van der Waals surface area contributed by atoms with E-state index in [9.17, 15) is 12.8 Å². The summed E-state index contributed by atoms with van der Waals surface area (Å²) in [5.74, 6) is -1.26. The number of ether oxygens (including phenoxy) is 1. The minimum atomic E-state index is -3.64. The molecular weight excluding hydrogens is 195 g/mol. The number of sulfone groups is 1. The Balaban J connectivity index is 3.15. The molecular formula is C8H9FO3S. The van der Waals surface area contributed by atoms with Crippen LogP contribution in [0.5, 0.6) is 0 Å². The van der Waals surface area contributed by atoms with Crippen LogP contribution in [-0.2, 0) is 14.6 Å². The van der Waals surface area contributed by atoms with Crippen LogP contribution in [0, 0.1) is 5.82 Å². The van der Waals surface area contributed by atoms with Crippen molar-refractivity contribution in [3.8, 4) is 0 Å². The Hall–Kier alpha value is -0.940. The molecule has 5 heteroatoms. The fourth-order valence-electron chi connectivity index (χ4n) is 0.916. The summed E-state index contributed by atoms with van der Waals surface area (Å²) < 4.78 is 40.0. The predicted molar refractivity (Wildman–Crippen MR) is 45.5 cm³/mol. The Morgan fingerprint density at radius 3 is 2.54 bits per heavy atom. The quantitative estimate of drug-likeness (QED) is 0.743. The van der Waals surface area contributed by atoms with Crippen LogP contribution in [-0.4, -0.2) is 21.5 Å². The Morgan fingerprint density at radius 2 is 2.00 bits per heavy atom. The third-order valence-electron chi connectivity index (χ3n) is 1.44. The first-order chi connectivity index (χ1) is 6.08. The molecule has 0 amide bonds. The SMILES string of the molecule is COCS(=O)(=O)c1ccccc1F. The normalized spacial score (nSPS) is 11.5. The smallest absolute Gasteiger partial charge is 0.205 e. The zero-order valence-electron chi connectivity index (χ0n) is 7.03. The number of rotatable bonds is 3. The van der Waals surface area contributed by atoms with E-state index in [4.69, 9.17) is 0 Å². The molecule has 0 aliphatic heterocycles. The van der Waals surface area contributed by atoms with E-state index in [0.29, 0.717) is 0 Å². The van der Waals surface area contributed by atoms with Crippen molar-refractivity contribution in [3.05, 3.63) is 30.1 Å². The second kappa shape index (κ2) is 3.85. The molecule has 3 nitrogen and oxygen atoms in total. The summed E-state index contributed by atoms with van der Waals surface area (Å²) in [6, 6.07) is 5.21. The number of hydrogen-bond donors (Lipinski definition) is 0. The maximum Gasteiger partial charge on any atom is 0.205 e. The lowest BCUT2D eigenvalue weighted by molar-refractivity contribution is 0.249. The minimum Gasteiger partial charge on any atom is -0.368 e. The summed E-state index contributed by atoms with van der Waals surface area (Å²) >= 11 is 0. The lowest BCUT2D eigenvalue weighted by Gasteiger charge is -2.03. The van der Waals surface area contributed by atoms with Crippen LogP contribution in [0.1, 0.15) is 0 Å². The second-order valence-electron chi connectivity index (χ2n) is 2.45. The molecule has 72 valence electrons. The van der Waals surface area contributed by atoms with Gasteiger partial charge in [-0.3, -0.25) is 0 Å². The highest BCUT2D eigenvalue weighted by Gasteiger charge is 2.17. The van der Waals surface area contributed by atoms with Crippen molar-refractivity contribution in [2.24, 2.45) is 0 Å². The van der Waals surface area contributed by atoms with Gasteiger partial charge < -0.3 is 4.74 Å². The van der Waals surface area contributed by atoms with E-state index in [1.54, 1.807) is 0 Å². The van der Waals surface area contributed by atoms with Crippen LogP contribution in [0.15, 0.2) is 29.2 Å².